The van der Waals surface area contributed by atoms with Crippen LogP contribution in [-0.2, 0) is 0 Å². The monoisotopic (exact) mass is 253 g/mol. The molecule has 1 N–H and O–H groups in total. The van der Waals surface area contributed by atoms with Gasteiger partial charge in [0.25, 0.3) is 0 Å². The highest BCUT2D eigenvalue weighted by molar-refractivity contribution is 6.07. The molecule has 0 saturated heterocycles. The molecule has 96 valence electrons. The molecule has 19 heavy (non-hydrogen) atoms. The average Bonchev–Trinajstić information content (AvgIpc) is 2.46. The molecule has 0 spiro atoms. The number of hydrogen-bond acceptors (Lipinski definition) is 1. The molecular formula is C17H17O2+. The van der Waals surface area contributed by atoms with Gasteiger partial charge >= 0.3 is 5.78 Å². The largest absolute Gasteiger partial charge is 0.497 e. The zero-order valence-corrected chi connectivity index (χ0v) is 11.1. The molecule has 0 atom stereocenters. The summed E-state index contributed by atoms with van der Waals surface area (Å²) in [6.45, 7) is 2.05. The maximum Gasteiger partial charge on any atom is 0.347 e. The summed E-state index contributed by atoms with van der Waals surface area (Å²) in [7, 11) is 1.62. The number of rotatable bonds is 4. The Morgan fingerprint density at radius 1 is 1.00 bits per heavy atom. The number of benzene rings is 2. The van der Waals surface area contributed by atoms with E-state index in [0.717, 1.165) is 16.9 Å². The Morgan fingerprint density at radius 3 is 2.21 bits per heavy atom. The molecule has 0 fully saturated rings. The topological polar surface area (TPSA) is 30.6 Å². The van der Waals surface area contributed by atoms with Crippen molar-refractivity contribution in [2.24, 2.45) is 0 Å². The third-order valence-electron chi connectivity index (χ3n) is 2.90. The molecule has 0 unspecified atom stereocenters. The number of hydrogen-bond donors (Lipinski definition) is 0. The molecule has 0 radical (unpaired) electrons. The van der Waals surface area contributed by atoms with E-state index in [1.54, 1.807) is 13.2 Å². The van der Waals surface area contributed by atoms with Crippen LogP contribution < -0.4 is 4.74 Å². The summed E-state index contributed by atoms with van der Waals surface area (Å²) in [5.41, 5.74) is 3.05. The lowest BCUT2D eigenvalue weighted by molar-refractivity contribution is 0.415. The summed E-state index contributed by atoms with van der Waals surface area (Å²) in [5.74, 6) is 1.02. The van der Waals surface area contributed by atoms with E-state index in [-0.39, 0.29) is 5.78 Å². The van der Waals surface area contributed by atoms with Crippen LogP contribution in [0.1, 0.15) is 16.7 Å². The average molecular weight is 253 g/mol. The van der Waals surface area contributed by atoms with Crippen LogP contribution in [0.15, 0.2) is 54.6 Å². The maximum absolute atomic E-state index is 9.99. The summed E-state index contributed by atoms with van der Waals surface area (Å²) >= 11 is 0. The first-order valence-corrected chi connectivity index (χ1v) is 6.14. The number of ketones is 1. The van der Waals surface area contributed by atoms with Crippen molar-refractivity contribution in [2.45, 2.75) is 6.92 Å². The highest BCUT2D eigenvalue weighted by atomic mass is 16.5. The standard InChI is InChI=1S/C17H16O2/c1-13-3-5-14(6-4-13)7-12-17(18)15-8-10-16(19-2)11-9-15/h3-12H,1-2H3/p+1/b12-7+. The zero-order valence-electron chi connectivity index (χ0n) is 11.1. The number of methoxy groups -OCH3 is 1. The van der Waals surface area contributed by atoms with E-state index in [9.17, 15) is 4.79 Å². The molecule has 2 rings (SSSR count). The number of allylic oxidation sites excluding steroid dienone is 1. The van der Waals surface area contributed by atoms with Crippen molar-refractivity contribution in [3.8, 4) is 5.75 Å². The Labute approximate surface area is 113 Å². The van der Waals surface area contributed by atoms with Gasteiger partial charge in [-0.25, -0.2) is 0 Å². The first-order valence-electron chi connectivity index (χ1n) is 6.14. The lowest BCUT2D eigenvalue weighted by Crippen LogP contribution is -1.95. The van der Waals surface area contributed by atoms with Gasteiger partial charge in [-0.15, -0.1) is 0 Å². The van der Waals surface area contributed by atoms with Crippen molar-refractivity contribution < 1.29 is 9.53 Å². The molecule has 2 nitrogen and oxygen atoms in total. The van der Waals surface area contributed by atoms with Gasteiger partial charge in [0.15, 0.2) is 0 Å². The van der Waals surface area contributed by atoms with Crippen LogP contribution in [0.25, 0.3) is 6.08 Å². The fraction of sp³-hybridized carbons (Fsp3) is 0.118. The molecule has 0 aliphatic carbocycles. The Kier molecular flexibility index (Phi) is 4.14. The third kappa shape index (κ3) is 3.55. The second-order valence-corrected chi connectivity index (χ2v) is 4.36. The Morgan fingerprint density at radius 2 is 1.63 bits per heavy atom. The van der Waals surface area contributed by atoms with Gasteiger partial charge in [-0.2, -0.15) is 0 Å². The van der Waals surface area contributed by atoms with E-state index in [0.29, 0.717) is 0 Å². The first-order chi connectivity index (χ1) is 9.19. The van der Waals surface area contributed by atoms with Crippen molar-refractivity contribution in [2.75, 3.05) is 7.11 Å². The fourth-order valence-electron chi connectivity index (χ4n) is 1.71. The predicted molar refractivity (Wildman–Crippen MR) is 79.3 cm³/mol. The molecule has 0 aromatic heterocycles. The maximum atomic E-state index is 9.99. The Hall–Kier alpha value is -2.35. The minimum atomic E-state index is 0.239. The quantitative estimate of drug-likeness (QED) is 0.465. The highest BCUT2D eigenvalue weighted by Crippen LogP contribution is 2.12. The Bertz CT molecular complexity index is 578. The SMILES string of the molecule is COc1ccc(C(=[OH+])/C=C/c2ccc(C)cc2)cc1. The smallest absolute Gasteiger partial charge is 0.347 e. The number of ether oxygens (including phenoxy) is 1. The van der Waals surface area contributed by atoms with Crippen molar-refractivity contribution in [1.82, 2.24) is 0 Å². The summed E-state index contributed by atoms with van der Waals surface area (Å²) in [5, 5.41) is 0. The van der Waals surface area contributed by atoms with Gasteiger partial charge in [-0.1, -0.05) is 29.8 Å². The minimum absolute atomic E-state index is 0.239. The van der Waals surface area contributed by atoms with E-state index < -0.39 is 0 Å². The van der Waals surface area contributed by atoms with Crippen LogP contribution in [-0.4, -0.2) is 17.7 Å². The van der Waals surface area contributed by atoms with Gasteiger partial charge in [0.2, 0.25) is 0 Å². The van der Waals surface area contributed by atoms with Gasteiger partial charge in [0.05, 0.1) is 12.7 Å². The van der Waals surface area contributed by atoms with Crippen LogP contribution >= 0.6 is 0 Å². The van der Waals surface area contributed by atoms with Crippen molar-refractivity contribution in [1.29, 1.82) is 0 Å². The molecule has 2 aromatic rings. The fourth-order valence-corrected chi connectivity index (χ4v) is 1.71. The summed E-state index contributed by atoms with van der Waals surface area (Å²) < 4.78 is 5.08. The predicted octanol–water partition coefficient (Wildman–Crippen LogP) is 3.61. The summed E-state index contributed by atoms with van der Waals surface area (Å²) in [6.07, 6.45) is 3.59. The van der Waals surface area contributed by atoms with Gasteiger partial charge in [0.1, 0.15) is 5.75 Å². The second kappa shape index (κ2) is 6.01. The van der Waals surface area contributed by atoms with Crippen LogP contribution in [0.2, 0.25) is 0 Å². The molecule has 2 aromatic carbocycles. The van der Waals surface area contributed by atoms with E-state index in [2.05, 4.69) is 6.92 Å². The van der Waals surface area contributed by atoms with E-state index >= 15 is 0 Å². The van der Waals surface area contributed by atoms with Crippen molar-refractivity contribution >= 4 is 11.9 Å². The lowest BCUT2D eigenvalue weighted by atomic mass is 10.1. The number of aryl methyl sites for hydroxylation is 1. The minimum Gasteiger partial charge on any atom is -0.497 e. The Balaban J connectivity index is 2.09. The molecule has 2 heteroatoms. The molecule has 0 amide bonds. The van der Waals surface area contributed by atoms with Gasteiger partial charge in [-0.3, -0.25) is 4.79 Å². The van der Waals surface area contributed by atoms with E-state index in [1.807, 2.05) is 54.6 Å². The van der Waals surface area contributed by atoms with Crippen LogP contribution in [0, 0.1) is 6.92 Å². The molecule has 0 bridgehead atoms. The van der Waals surface area contributed by atoms with Crippen LogP contribution in [0.4, 0.5) is 0 Å². The van der Waals surface area contributed by atoms with Crippen molar-refractivity contribution in [3.63, 3.8) is 0 Å². The normalized spacial score (nSPS) is 10.6. The van der Waals surface area contributed by atoms with Gasteiger partial charge in [0, 0.05) is 6.08 Å². The van der Waals surface area contributed by atoms with E-state index in [4.69, 9.17) is 4.74 Å². The summed E-state index contributed by atoms with van der Waals surface area (Å²) in [6, 6.07) is 15.4. The summed E-state index contributed by atoms with van der Waals surface area (Å²) in [4.78, 5) is 9.99. The second-order valence-electron chi connectivity index (χ2n) is 4.36. The van der Waals surface area contributed by atoms with Crippen LogP contribution in [0.3, 0.4) is 0 Å². The van der Waals surface area contributed by atoms with Crippen molar-refractivity contribution in [3.05, 3.63) is 71.3 Å². The van der Waals surface area contributed by atoms with Gasteiger partial charge < -0.3 is 4.74 Å². The lowest BCUT2D eigenvalue weighted by Gasteiger charge is -1.98. The molecule has 0 aliphatic heterocycles. The third-order valence-corrected chi connectivity index (χ3v) is 2.90. The van der Waals surface area contributed by atoms with Gasteiger partial charge in [-0.05, 0) is 42.8 Å². The molecule has 0 heterocycles. The first kappa shape index (κ1) is 13.1. The van der Waals surface area contributed by atoms with Crippen LogP contribution in [0.5, 0.6) is 5.75 Å². The molecule has 0 saturated carbocycles. The highest BCUT2D eigenvalue weighted by Gasteiger charge is 2.07. The zero-order chi connectivity index (χ0) is 13.7. The number of carbonyl (C=O) groups excluding carboxylic acids is 1. The molecule has 0 aliphatic rings. The van der Waals surface area contributed by atoms with E-state index in [1.165, 1.54) is 5.56 Å². The molecular weight excluding hydrogens is 236 g/mol.